The highest BCUT2D eigenvalue weighted by Crippen LogP contribution is 2.24. The standard InChI is InChI=1S/C21H28N4O2.HI/c1-3-23-21(24-11-13-26-18-8-6-10-22-15-18)25-12-14-27-20(16-25)19-9-5-4-7-17(19)2;/h4-10,15,20H,3,11-14,16H2,1-2H3,(H,23,24);1H. The van der Waals surface area contributed by atoms with Gasteiger partial charge in [0.25, 0.3) is 0 Å². The van der Waals surface area contributed by atoms with Gasteiger partial charge in [0, 0.05) is 19.3 Å². The van der Waals surface area contributed by atoms with Crippen molar-refractivity contribution >= 4 is 29.9 Å². The van der Waals surface area contributed by atoms with Gasteiger partial charge in [0.1, 0.15) is 18.5 Å². The molecule has 28 heavy (non-hydrogen) atoms. The summed E-state index contributed by atoms with van der Waals surface area (Å²) in [5.74, 6) is 1.68. The Hall–Kier alpha value is -1.87. The third-order valence-corrected chi connectivity index (χ3v) is 4.49. The van der Waals surface area contributed by atoms with Crippen LogP contribution in [-0.2, 0) is 4.74 Å². The second kappa shape index (κ2) is 11.9. The maximum Gasteiger partial charge on any atom is 0.194 e. The number of aliphatic imine (C=N–C) groups is 1. The Labute approximate surface area is 184 Å². The molecule has 0 saturated carbocycles. The summed E-state index contributed by atoms with van der Waals surface area (Å²) < 4.78 is 11.7. The van der Waals surface area contributed by atoms with Crippen LogP contribution in [0.15, 0.2) is 53.8 Å². The van der Waals surface area contributed by atoms with Crippen LogP contribution in [0.1, 0.15) is 24.2 Å². The molecule has 0 bridgehead atoms. The van der Waals surface area contributed by atoms with Gasteiger partial charge in [0.2, 0.25) is 0 Å². The molecule has 1 unspecified atom stereocenters. The van der Waals surface area contributed by atoms with Crippen LogP contribution in [0.25, 0.3) is 0 Å². The molecule has 1 aliphatic heterocycles. The predicted octanol–water partition coefficient (Wildman–Crippen LogP) is 3.43. The van der Waals surface area contributed by atoms with Gasteiger partial charge in [0.15, 0.2) is 5.96 Å². The van der Waals surface area contributed by atoms with Gasteiger partial charge in [-0.15, -0.1) is 24.0 Å². The quantitative estimate of drug-likeness (QED) is 0.288. The summed E-state index contributed by atoms with van der Waals surface area (Å²) in [5.41, 5.74) is 2.51. The summed E-state index contributed by atoms with van der Waals surface area (Å²) >= 11 is 0. The van der Waals surface area contributed by atoms with Crippen LogP contribution in [0.4, 0.5) is 0 Å². The van der Waals surface area contributed by atoms with Crippen molar-refractivity contribution in [2.75, 3.05) is 39.4 Å². The van der Waals surface area contributed by atoms with Crippen molar-refractivity contribution in [1.29, 1.82) is 0 Å². The number of rotatable bonds is 6. The van der Waals surface area contributed by atoms with E-state index in [-0.39, 0.29) is 30.1 Å². The molecule has 2 heterocycles. The Morgan fingerprint density at radius 1 is 1.32 bits per heavy atom. The molecular weight excluding hydrogens is 467 g/mol. The number of ether oxygens (including phenoxy) is 2. The molecule has 1 aromatic heterocycles. The topological polar surface area (TPSA) is 59.0 Å². The molecule has 152 valence electrons. The van der Waals surface area contributed by atoms with Gasteiger partial charge in [0.05, 0.1) is 25.9 Å². The van der Waals surface area contributed by atoms with Crippen LogP contribution in [0, 0.1) is 6.92 Å². The Balaban J connectivity index is 0.00000280. The van der Waals surface area contributed by atoms with Crippen molar-refractivity contribution in [2.45, 2.75) is 20.0 Å². The summed E-state index contributed by atoms with van der Waals surface area (Å²) in [4.78, 5) is 11.1. The van der Waals surface area contributed by atoms with Gasteiger partial charge in [-0.05, 0) is 37.1 Å². The van der Waals surface area contributed by atoms with Crippen molar-refractivity contribution in [3.63, 3.8) is 0 Å². The van der Waals surface area contributed by atoms with E-state index >= 15 is 0 Å². The maximum absolute atomic E-state index is 6.03. The van der Waals surface area contributed by atoms with Gasteiger partial charge in [-0.1, -0.05) is 24.3 Å². The first-order chi connectivity index (χ1) is 13.3. The maximum atomic E-state index is 6.03. The van der Waals surface area contributed by atoms with E-state index in [1.165, 1.54) is 11.1 Å². The third-order valence-electron chi connectivity index (χ3n) is 4.49. The van der Waals surface area contributed by atoms with Crippen molar-refractivity contribution in [3.05, 3.63) is 59.9 Å². The van der Waals surface area contributed by atoms with Crippen LogP contribution < -0.4 is 10.1 Å². The summed E-state index contributed by atoms with van der Waals surface area (Å²) in [7, 11) is 0. The second-order valence-electron chi connectivity index (χ2n) is 6.43. The number of halogens is 1. The van der Waals surface area contributed by atoms with Crippen LogP contribution in [-0.4, -0.2) is 55.2 Å². The molecule has 7 heteroatoms. The number of hydrogen-bond acceptors (Lipinski definition) is 4. The average Bonchev–Trinajstić information content (AvgIpc) is 2.71. The molecule has 1 aliphatic rings. The first kappa shape index (κ1) is 22.4. The lowest BCUT2D eigenvalue weighted by Crippen LogP contribution is -2.48. The van der Waals surface area contributed by atoms with E-state index in [1.807, 2.05) is 12.1 Å². The zero-order valence-corrected chi connectivity index (χ0v) is 18.8. The van der Waals surface area contributed by atoms with Gasteiger partial charge < -0.3 is 19.7 Å². The van der Waals surface area contributed by atoms with Gasteiger partial charge >= 0.3 is 0 Å². The number of nitrogens with one attached hydrogen (secondary N) is 1. The fraction of sp³-hybridized carbons (Fsp3) is 0.429. The number of aromatic nitrogens is 1. The smallest absolute Gasteiger partial charge is 0.194 e. The van der Waals surface area contributed by atoms with E-state index in [0.717, 1.165) is 31.3 Å². The van der Waals surface area contributed by atoms with Crippen molar-refractivity contribution in [3.8, 4) is 5.75 Å². The minimum Gasteiger partial charge on any atom is -0.490 e. The third kappa shape index (κ3) is 6.34. The van der Waals surface area contributed by atoms with E-state index in [2.05, 4.69) is 53.3 Å². The average molecular weight is 496 g/mol. The van der Waals surface area contributed by atoms with Crippen LogP contribution >= 0.6 is 24.0 Å². The molecule has 1 N–H and O–H groups in total. The van der Waals surface area contributed by atoms with Crippen molar-refractivity contribution < 1.29 is 9.47 Å². The second-order valence-corrected chi connectivity index (χ2v) is 6.43. The number of hydrogen-bond donors (Lipinski definition) is 1. The summed E-state index contributed by atoms with van der Waals surface area (Å²) in [5, 5.41) is 3.39. The molecule has 0 radical (unpaired) electrons. The molecule has 6 nitrogen and oxygen atoms in total. The lowest BCUT2D eigenvalue weighted by molar-refractivity contribution is -0.00834. The highest BCUT2D eigenvalue weighted by molar-refractivity contribution is 14.0. The lowest BCUT2D eigenvalue weighted by atomic mass is 10.0. The van der Waals surface area contributed by atoms with E-state index in [4.69, 9.17) is 14.5 Å². The van der Waals surface area contributed by atoms with Gasteiger partial charge in [-0.25, -0.2) is 4.99 Å². The molecule has 1 aromatic carbocycles. The minimum absolute atomic E-state index is 0. The lowest BCUT2D eigenvalue weighted by Gasteiger charge is -2.35. The largest absolute Gasteiger partial charge is 0.490 e. The fourth-order valence-corrected chi connectivity index (χ4v) is 3.15. The highest BCUT2D eigenvalue weighted by atomic mass is 127. The van der Waals surface area contributed by atoms with Gasteiger partial charge in [-0.2, -0.15) is 0 Å². The molecule has 2 aromatic rings. The highest BCUT2D eigenvalue weighted by Gasteiger charge is 2.25. The van der Waals surface area contributed by atoms with E-state index in [1.54, 1.807) is 12.4 Å². The van der Waals surface area contributed by atoms with Crippen molar-refractivity contribution in [2.24, 2.45) is 4.99 Å². The molecule has 0 aliphatic carbocycles. The number of guanidine groups is 1. The van der Waals surface area contributed by atoms with Crippen LogP contribution in [0.5, 0.6) is 5.75 Å². The molecule has 0 spiro atoms. The molecular formula is C21H29IN4O2. The Morgan fingerprint density at radius 3 is 2.93 bits per heavy atom. The minimum atomic E-state index is 0. The normalized spacial score (nSPS) is 17.0. The van der Waals surface area contributed by atoms with Crippen LogP contribution in [0.3, 0.4) is 0 Å². The number of benzene rings is 1. The number of morpholine rings is 1. The summed E-state index contributed by atoms with van der Waals surface area (Å²) in [6, 6.07) is 12.2. The monoisotopic (exact) mass is 496 g/mol. The zero-order valence-electron chi connectivity index (χ0n) is 16.5. The Morgan fingerprint density at radius 2 is 2.18 bits per heavy atom. The van der Waals surface area contributed by atoms with E-state index in [0.29, 0.717) is 19.8 Å². The number of aryl methyl sites for hydroxylation is 1. The van der Waals surface area contributed by atoms with Crippen molar-refractivity contribution in [1.82, 2.24) is 15.2 Å². The molecule has 3 rings (SSSR count). The number of nitrogens with zero attached hydrogens (tertiary/aromatic N) is 3. The van der Waals surface area contributed by atoms with E-state index < -0.39 is 0 Å². The first-order valence-corrected chi connectivity index (χ1v) is 9.51. The zero-order chi connectivity index (χ0) is 18.9. The van der Waals surface area contributed by atoms with Crippen LogP contribution in [0.2, 0.25) is 0 Å². The predicted molar refractivity (Wildman–Crippen MR) is 123 cm³/mol. The first-order valence-electron chi connectivity index (χ1n) is 9.51. The molecule has 0 amide bonds. The molecule has 1 saturated heterocycles. The number of pyridine rings is 1. The SMILES string of the molecule is CCNC(=NCCOc1cccnc1)N1CCOC(c2ccccc2C)C1.I. The fourth-order valence-electron chi connectivity index (χ4n) is 3.15. The van der Waals surface area contributed by atoms with E-state index in [9.17, 15) is 0 Å². The molecule has 1 atom stereocenters. The molecule has 1 fully saturated rings. The Kier molecular flexibility index (Phi) is 9.49. The summed E-state index contributed by atoms with van der Waals surface area (Å²) in [6.45, 7) is 8.46. The van der Waals surface area contributed by atoms with Gasteiger partial charge in [-0.3, -0.25) is 4.98 Å². The Bertz CT molecular complexity index is 742. The summed E-state index contributed by atoms with van der Waals surface area (Å²) in [6.07, 6.45) is 3.51.